The molecule has 0 atom stereocenters. The standard InChI is InChI=1S/C11H21N3O/c1-8-9(11(2,3)6-7-12)10(15-5)14(4)13-8/h6-7,12H2,1-5H3. The van der Waals surface area contributed by atoms with Gasteiger partial charge in [0, 0.05) is 12.6 Å². The predicted octanol–water partition coefficient (Wildman–Crippen LogP) is 1.36. The number of aromatic nitrogens is 2. The van der Waals surface area contributed by atoms with Crippen molar-refractivity contribution in [1.82, 2.24) is 9.78 Å². The second kappa shape index (κ2) is 4.23. The zero-order valence-corrected chi connectivity index (χ0v) is 10.3. The maximum Gasteiger partial charge on any atom is 0.215 e. The van der Waals surface area contributed by atoms with Gasteiger partial charge < -0.3 is 10.5 Å². The van der Waals surface area contributed by atoms with Crippen molar-refractivity contribution in [2.75, 3.05) is 13.7 Å². The molecule has 0 fully saturated rings. The van der Waals surface area contributed by atoms with Crippen LogP contribution in [0.5, 0.6) is 5.88 Å². The van der Waals surface area contributed by atoms with E-state index in [1.165, 1.54) is 0 Å². The van der Waals surface area contributed by atoms with Crippen LogP contribution in [0.4, 0.5) is 0 Å². The first-order valence-corrected chi connectivity index (χ1v) is 5.22. The number of aryl methyl sites for hydroxylation is 2. The highest BCUT2D eigenvalue weighted by molar-refractivity contribution is 5.37. The molecule has 0 aliphatic heterocycles. The lowest BCUT2D eigenvalue weighted by atomic mass is 9.81. The van der Waals surface area contributed by atoms with E-state index in [4.69, 9.17) is 10.5 Å². The van der Waals surface area contributed by atoms with Crippen molar-refractivity contribution in [3.05, 3.63) is 11.3 Å². The fraction of sp³-hybridized carbons (Fsp3) is 0.727. The van der Waals surface area contributed by atoms with Crippen molar-refractivity contribution in [1.29, 1.82) is 0 Å². The van der Waals surface area contributed by atoms with Gasteiger partial charge in [0.15, 0.2) is 0 Å². The highest BCUT2D eigenvalue weighted by Gasteiger charge is 2.29. The Balaban J connectivity index is 3.22. The third kappa shape index (κ3) is 2.15. The Morgan fingerprint density at radius 3 is 2.53 bits per heavy atom. The molecule has 0 bridgehead atoms. The first-order valence-electron chi connectivity index (χ1n) is 5.22. The van der Waals surface area contributed by atoms with Crippen LogP contribution in [0, 0.1) is 6.92 Å². The minimum absolute atomic E-state index is 0.0123. The normalized spacial score (nSPS) is 11.9. The van der Waals surface area contributed by atoms with Crippen molar-refractivity contribution >= 4 is 0 Å². The van der Waals surface area contributed by atoms with Crippen LogP contribution >= 0.6 is 0 Å². The van der Waals surface area contributed by atoms with Gasteiger partial charge >= 0.3 is 0 Å². The summed E-state index contributed by atoms with van der Waals surface area (Å²) in [7, 11) is 3.58. The summed E-state index contributed by atoms with van der Waals surface area (Å²) in [6.07, 6.45) is 0.926. The molecule has 86 valence electrons. The molecule has 1 aromatic rings. The number of hydrogen-bond acceptors (Lipinski definition) is 3. The van der Waals surface area contributed by atoms with E-state index in [0.29, 0.717) is 6.54 Å². The van der Waals surface area contributed by atoms with Crippen molar-refractivity contribution in [2.45, 2.75) is 32.6 Å². The number of rotatable bonds is 4. The Labute approximate surface area is 91.4 Å². The first-order chi connectivity index (χ1) is 6.94. The summed E-state index contributed by atoms with van der Waals surface area (Å²) in [5.74, 6) is 0.839. The van der Waals surface area contributed by atoms with Crippen molar-refractivity contribution in [3.63, 3.8) is 0 Å². The van der Waals surface area contributed by atoms with Crippen LogP contribution in [-0.4, -0.2) is 23.4 Å². The van der Waals surface area contributed by atoms with Crippen molar-refractivity contribution in [3.8, 4) is 5.88 Å². The number of methoxy groups -OCH3 is 1. The quantitative estimate of drug-likeness (QED) is 0.818. The molecule has 2 N–H and O–H groups in total. The van der Waals surface area contributed by atoms with Gasteiger partial charge in [-0.2, -0.15) is 5.10 Å². The van der Waals surface area contributed by atoms with Gasteiger partial charge in [-0.1, -0.05) is 13.8 Å². The summed E-state index contributed by atoms with van der Waals surface area (Å²) in [4.78, 5) is 0. The lowest BCUT2D eigenvalue weighted by molar-refractivity contribution is 0.354. The minimum atomic E-state index is 0.0123. The Hall–Kier alpha value is -1.03. The molecule has 0 saturated heterocycles. The Morgan fingerprint density at radius 1 is 1.47 bits per heavy atom. The molecule has 0 unspecified atom stereocenters. The van der Waals surface area contributed by atoms with Crippen LogP contribution in [0.25, 0.3) is 0 Å². The molecule has 1 rings (SSSR count). The number of nitrogens with zero attached hydrogens (tertiary/aromatic N) is 2. The van der Waals surface area contributed by atoms with Gasteiger partial charge in [-0.05, 0) is 25.3 Å². The van der Waals surface area contributed by atoms with E-state index in [2.05, 4.69) is 18.9 Å². The topological polar surface area (TPSA) is 53.1 Å². The fourth-order valence-corrected chi connectivity index (χ4v) is 2.14. The van der Waals surface area contributed by atoms with Gasteiger partial charge in [-0.3, -0.25) is 0 Å². The van der Waals surface area contributed by atoms with E-state index >= 15 is 0 Å². The van der Waals surface area contributed by atoms with Gasteiger partial charge in [-0.25, -0.2) is 4.68 Å². The SMILES string of the molecule is COc1c(C(C)(C)CCN)c(C)nn1C. The van der Waals surface area contributed by atoms with Gasteiger partial charge in [0.05, 0.1) is 12.8 Å². The lowest BCUT2D eigenvalue weighted by Gasteiger charge is -2.24. The van der Waals surface area contributed by atoms with Crippen LogP contribution in [0.3, 0.4) is 0 Å². The highest BCUT2D eigenvalue weighted by Crippen LogP contribution is 2.35. The third-order valence-corrected chi connectivity index (χ3v) is 2.81. The summed E-state index contributed by atoms with van der Waals surface area (Å²) in [6, 6.07) is 0. The van der Waals surface area contributed by atoms with Gasteiger partial charge in [0.25, 0.3) is 0 Å². The molecular formula is C11H21N3O. The number of ether oxygens (including phenoxy) is 1. The molecule has 0 aliphatic rings. The van der Waals surface area contributed by atoms with E-state index < -0.39 is 0 Å². The van der Waals surface area contributed by atoms with Gasteiger partial charge in [-0.15, -0.1) is 0 Å². The molecule has 0 saturated carbocycles. The van der Waals surface area contributed by atoms with Gasteiger partial charge in [0.1, 0.15) is 0 Å². The maximum absolute atomic E-state index is 5.63. The molecule has 0 spiro atoms. The molecule has 0 radical (unpaired) electrons. The summed E-state index contributed by atoms with van der Waals surface area (Å²) < 4.78 is 7.17. The highest BCUT2D eigenvalue weighted by atomic mass is 16.5. The fourth-order valence-electron chi connectivity index (χ4n) is 2.14. The van der Waals surface area contributed by atoms with E-state index in [0.717, 1.165) is 23.6 Å². The largest absolute Gasteiger partial charge is 0.481 e. The second-order valence-corrected chi connectivity index (χ2v) is 4.52. The smallest absolute Gasteiger partial charge is 0.215 e. The van der Waals surface area contributed by atoms with Gasteiger partial charge in [0.2, 0.25) is 5.88 Å². The molecule has 0 aromatic carbocycles. The summed E-state index contributed by atoms with van der Waals surface area (Å²) in [5.41, 5.74) is 7.83. The van der Waals surface area contributed by atoms with E-state index in [1.807, 2.05) is 14.0 Å². The zero-order chi connectivity index (χ0) is 11.6. The Morgan fingerprint density at radius 2 is 2.07 bits per heavy atom. The first kappa shape index (κ1) is 12.0. The van der Waals surface area contributed by atoms with E-state index in [1.54, 1.807) is 11.8 Å². The molecule has 1 aromatic heterocycles. The maximum atomic E-state index is 5.63. The van der Waals surface area contributed by atoms with Crippen LogP contribution in [-0.2, 0) is 12.5 Å². The van der Waals surface area contributed by atoms with Crippen molar-refractivity contribution < 1.29 is 4.74 Å². The zero-order valence-electron chi connectivity index (χ0n) is 10.3. The Kier molecular flexibility index (Phi) is 3.39. The van der Waals surface area contributed by atoms with E-state index in [9.17, 15) is 0 Å². The molecule has 4 heteroatoms. The molecule has 0 amide bonds. The molecule has 0 aliphatic carbocycles. The number of nitrogens with two attached hydrogens (primary N) is 1. The average molecular weight is 211 g/mol. The lowest BCUT2D eigenvalue weighted by Crippen LogP contribution is -2.23. The summed E-state index contributed by atoms with van der Waals surface area (Å²) in [5, 5.41) is 4.38. The molecule has 4 nitrogen and oxygen atoms in total. The van der Waals surface area contributed by atoms with Crippen LogP contribution in [0.2, 0.25) is 0 Å². The molecular weight excluding hydrogens is 190 g/mol. The van der Waals surface area contributed by atoms with Crippen LogP contribution < -0.4 is 10.5 Å². The molecule has 1 heterocycles. The Bertz CT molecular complexity index is 342. The third-order valence-electron chi connectivity index (χ3n) is 2.81. The molecule has 15 heavy (non-hydrogen) atoms. The van der Waals surface area contributed by atoms with Crippen LogP contribution in [0.1, 0.15) is 31.5 Å². The second-order valence-electron chi connectivity index (χ2n) is 4.52. The summed E-state index contributed by atoms with van der Waals surface area (Å²) in [6.45, 7) is 7.03. The number of hydrogen-bond donors (Lipinski definition) is 1. The average Bonchev–Trinajstić information content (AvgIpc) is 2.40. The van der Waals surface area contributed by atoms with Crippen LogP contribution in [0.15, 0.2) is 0 Å². The summed E-state index contributed by atoms with van der Waals surface area (Å²) >= 11 is 0. The van der Waals surface area contributed by atoms with Crippen molar-refractivity contribution in [2.24, 2.45) is 12.8 Å². The minimum Gasteiger partial charge on any atom is -0.481 e. The predicted molar refractivity (Wildman–Crippen MR) is 61.2 cm³/mol. The monoisotopic (exact) mass is 211 g/mol. The van der Waals surface area contributed by atoms with E-state index in [-0.39, 0.29) is 5.41 Å².